The van der Waals surface area contributed by atoms with Crippen LogP contribution in [-0.2, 0) is 6.42 Å². The monoisotopic (exact) mass is 282 g/mol. The third-order valence-corrected chi connectivity index (χ3v) is 4.70. The highest BCUT2D eigenvalue weighted by Gasteiger charge is 2.12. The van der Waals surface area contributed by atoms with Crippen molar-refractivity contribution in [1.29, 1.82) is 0 Å². The number of hydrogen-bond donors (Lipinski definition) is 2. The number of thiophene rings is 1. The van der Waals surface area contributed by atoms with E-state index in [-0.39, 0.29) is 5.56 Å². The molecule has 0 unspecified atom stereocenters. The van der Waals surface area contributed by atoms with Crippen LogP contribution in [0.1, 0.15) is 12.0 Å². The van der Waals surface area contributed by atoms with Crippen LogP contribution in [-0.4, -0.2) is 11.5 Å². The first-order chi connectivity index (χ1) is 9.81. The number of hydrogen-bond acceptors (Lipinski definition) is 3. The van der Waals surface area contributed by atoms with Crippen molar-refractivity contribution in [2.75, 3.05) is 11.9 Å². The molecule has 3 nitrogen and oxygen atoms in total. The van der Waals surface area contributed by atoms with Crippen LogP contribution in [0.4, 0.5) is 5.69 Å². The van der Waals surface area contributed by atoms with Crippen molar-refractivity contribution < 1.29 is 0 Å². The zero-order valence-electron chi connectivity index (χ0n) is 10.9. The molecule has 2 aromatic heterocycles. The van der Waals surface area contributed by atoms with Gasteiger partial charge in [0.25, 0.3) is 5.56 Å². The molecule has 1 aliphatic heterocycles. The highest BCUT2D eigenvalue weighted by Crippen LogP contribution is 2.29. The molecule has 1 aromatic carbocycles. The van der Waals surface area contributed by atoms with Crippen molar-refractivity contribution in [3.8, 4) is 10.4 Å². The fourth-order valence-electron chi connectivity index (χ4n) is 2.79. The van der Waals surface area contributed by atoms with E-state index < -0.39 is 0 Å². The molecule has 0 bridgehead atoms. The van der Waals surface area contributed by atoms with Crippen LogP contribution in [0, 0.1) is 0 Å². The Bertz CT molecular complexity index is 834. The summed E-state index contributed by atoms with van der Waals surface area (Å²) in [4.78, 5) is 16.3. The molecule has 0 aliphatic carbocycles. The van der Waals surface area contributed by atoms with Crippen molar-refractivity contribution in [2.24, 2.45) is 0 Å². The second-order valence-electron chi connectivity index (χ2n) is 5.12. The number of pyridine rings is 1. The molecule has 0 spiro atoms. The average molecular weight is 282 g/mol. The maximum atomic E-state index is 12.2. The van der Waals surface area contributed by atoms with Gasteiger partial charge in [0.1, 0.15) is 0 Å². The third kappa shape index (κ3) is 1.84. The number of benzene rings is 1. The normalized spacial score (nSPS) is 14.0. The number of aromatic nitrogens is 1. The first kappa shape index (κ1) is 11.7. The standard InChI is InChI=1S/C16H14N2OS/c19-16-12(15-4-2-6-20-15)7-11-9-13-10(3-1-5-17-13)8-14(11)18-16/h2,4,6-9,17H,1,3,5H2,(H,18,19). The fraction of sp³-hybridized carbons (Fsp3) is 0.188. The first-order valence-corrected chi connectivity index (χ1v) is 7.67. The molecule has 0 atom stereocenters. The van der Waals surface area contributed by atoms with Gasteiger partial charge < -0.3 is 10.3 Å². The lowest BCUT2D eigenvalue weighted by Crippen LogP contribution is -2.13. The summed E-state index contributed by atoms with van der Waals surface area (Å²) in [6.45, 7) is 1.03. The van der Waals surface area contributed by atoms with E-state index >= 15 is 0 Å². The first-order valence-electron chi connectivity index (χ1n) is 6.79. The number of aryl methyl sites for hydroxylation is 1. The van der Waals surface area contributed by atoms with Crippen LogP contribution < -0.4 is 10.9 Å². The van der Waals surface area contributed by atoms with E-state index in [1.54, 1.807) is 11.3 Å². The number of aromatic amines is 1. The van der Waals surface area contributed by atoms with Crippen molar-refractivity contribution in [3.05, 3.63) is 51.6 Å². The van der Waals surface area contributed by atoms with E-state index in [0.717, 1.165) is 40.7 Å². The Hall–Kier alpha value is -2.07. The molecular formula is C16H14N2OS. The lowest BCUT2D eigenvalue weighted by Gasteiger charge is -2.18. The zero-order chi connectivity index (χ0) is 13.5. The van der Waals surface area contributed by atoms with Gasteiger partial charge in [0.15, 0.2) is 0 Å². The predicted octanol–water partition coefficient (Wildman–Crippen LogP) is 3.61. The van der Waals surface area contributed by atoms with Gasteiger partial charge in [-0.2, -0.15) is 0 Å². The SMILES string of the molecule is O=c1[nH]c2cc3c(cc2cc1-c1cccs1)NCCC3. The van der Waals surface area contributed by atoms with E-state index in [9.17, 15) is 4.79 Å². The molecular weight excluding hydrogens is 268 g/mol. The highest BCUT2D eigenvalue weighted by atomic mass is 32.1. The Morgan fingerprint density at radius 2 is 2.15 bits per heavy atom. The minimum absolute atomic E-state index is 0.0105. The Kier molecular flexibility index (Phi) is 2.63. The fourth-order valence-corrected chi connectivity index (χ4v) is 3.53. The maximum absolute atomic E-state index is 12.2. The van der Waals surface area contributed by atoms with Gasteiger partial charge in [-0.15, -0.1) is 11.3 Å². The molecule has 0 saturated heterocycles. The number of H-pyrrole nitrogens is 1. The van der Waals surface area contributed by atoms with Crippen LogP contribution in [0.25, 0.3) is 21.3 Å². The third-order valence-electron chi connectivity index (χ3n) is 3.79. The molecule has 0 radical (unpaired) electrons. The van der Waals surface area contributed by atoms with Gasteiger partial charge in [-0.1, -0.05) is 6.07 Å². The molecule has 3 heterocycles. The van der Waals surface area contributed by atoms with E-state index in [4.69, 9.17) is 0 Å². The number of anilines is 1. The van der Waals surface area contributed by atoms with Crippen molar-refractivity contribution in [1.82, 2.24) is 4.98 Å². The quantitative estimate of drug-likeness (QED) is 0.716. The summed E-state index contributed by atoms with van der Waals surface area (Å²) in [5.74, 6) is 0. The molecule has 0 fully saturated rings. The van der Waals surface area contributed by atoms with Crippen LogP contribution in [0.5, 0.6) is 0 Å². The summed E-state index contributed by atoms with van der Waals surface area (Å²) in [7, 11) is 0. The topological polar surface area (TPSA) is 44.9 Å². The van der Waals surface area contributed by atoms with E-state index in [2.05, 4.69) is 22.4 Å². The molecule has 0 saturated carbocycles. The Morgan fingerprint density at radius 3 is 3.00 bits per heavy atom. The maximum Gasteiger partial charge on any atom is 0.257 e. The van der Waals surface area contributed by atoms with Gasteiger partial charge in [0, 0.05) is 28.0 Å². The molecule has 1 aliphatic rings. The predicted molar refractivity (Wildman–Crippen MR) is 84.7 cm³/mol. The van der Waals surface area contributed by atoms with E-state index in [1.807, 2.05) is 23.6 Å². The van der Waals surface area contributed by atoms with Gasteiger partial charge in [-0.05, 0) is 48.1 Å². The van der Waals surface area contributed by atoms with Crippen LogP contribution in [0.3, 0.4) is 0 Å². The zero-order valence-corrected chi connectivity index (χ0v) is 11.7. The van der Waals surface area contributed by atoms with Crippen molar-refractivity contribution >= 4 is 27.9 Å². The molecule has 0 amide bonds. The van der Waals surface area contributed by atoms with Gasteiger partial charge in [0.05, 0.1) is 5.56 Å². The minimum Gasteiger partial charge on any atom is -0.385 e. The number of rotatable bonds is 1. The molecule has 4 rings (SSSR count). The second-order valence-corrected chi connectivity index (χ2v) is 6.06. The molecule has 20 heavy (non-hydrogen) atoms. The van der Waals surface area contributed by atoms with Crippen LogP contribution in [0.2, 0.25) is 0 Å². The lowest BCUT2D eigenvalue weighted by molar-refractivity contribution is 0.831. The second kappa shape index (κ2) is 4.49. The van der Waals surface area contributed by atoms with Gasteiger partial charge in [-0.25, -0.2) is 0 Å². The molecule has 3 aromatic rings. The summed E-state index contributed by atoms with van der Waals surface area (Å²) in [6, 6.07) is 10.2. The Balaban J connectivity index is 1.97. The van der Waals surface area contributed by atoms with Crippen molar-refractivity contribution in [2.45, 2.75) is 12.8 Å². The van der Waals surface area contributed by atoms with Gasteiger partial charge in [-0.3, -0.25) is 4.79 Å². The van der Waals surface area contributed by atoms with E-state index in [0.29, 0.717) is 0 Å². The minimum atomic E-state index is -0.0105. The van der Waals surface area contributed by atoms with Crippen LogP contribution in [0.15, 0.2) is 40.5 Å². The number of nitrogens with one attached hydrogen (secondary N) is 2. The summed E-state index contributed by atoms with van der Waals surface area (Å²) in [5.41, 5.74) is 4.17. The average Bonchev–Trinajstić information content (AvgIpc) is 2.98. The molecule has 100 valence electrons. The molecule has 2 N–H and O–H groups in total. The Labute approximate surface area is 120 Å². The largest absolute Gasteiger partial charge is 0.385 e. The van der Waals surface area contributed by atoms with E-state index in [1.165, 1.54) is 11.3 Å². The smallest absolute Gasteiger partial charge is 0.257 e. The lowest BCUT2D eigenvalue weighted by atomic mass is 10.0. The van der Waals surface area contributed by atoms with Crippen molar-refractivity contribution in [3.63, 3.8) is 0 Å². The van der Waals surface area contributed by atoms with Gasteiger partial charge in [0.2, 0.25) is 0 Å². The summed E-state index contributed by atoms with van der Waals surface area (Å²) < 4.78 is 0. The summed E-state index contributed by atoms with van der Waals surface area (Å²) in [5, 5.41) is 6.51. The molecule has 4 heteroatoms. The number of fused-ring (bicyclic) bond motifs is 2. The Morgan fingerprint density at radius 1 is 1.20 bits per heavy atom. The highest BCUT2D eigenvalue weighted by molar-refractivity contribution is 7.13. The van der Waals surface area contributed by atoms with Gasteiger partial charge >= 0.3 is 0 Å². The summed E-state index contributed by atoms with van der Waals surface area (Å²) in [6.07, 6.45) is 2.23. The van der Waals surface area contributed by atoms with Crippen LogP contribution >= 0.6 is 11.3 Å². The summed E-state index contributed by atoms with van der Waals surface area (Å²) >= 11 is 1.59.